The number of fused-ring (bicyclic) bond motifs is 1. The molecule has 3 aromatic carbocycles. The number of amides is 1. The molecule has 1 N–H and O–H groups in total. The highest BCUT2D eigenvalue weighted by atomic mass is 32.2. The molecule has 5 nitrogen and oxygen atoms in total. The number of aryl methyl sites for hydroxylation is 3. The van der Waals surface area contributed by atoms with E-state index in [9.17, 15) is 9.59 Å². The van der Waals surface area contributed by atoms with Crippen LogP contribution in [0.5, 0.6) is 0 Å². The molecule has 0 aliphatic heterocycles. The van der Waals surface area contributed by atoms with Crippen LogP contribution in [0, 0.1) is 20.8 Å². The molecule has 0 bridgehead atoms. The van der Waals surface area contributed by atoms with Gasteiger partial charge in [0.25, 0.3) is 5.56 Å². The summed E-state index contributed by atoms with van der Waals surface area (Å²) >= 11 is 1.28. The van der Waals surface area contributed by atoms with Crippen LogP contribution in [0.4, 0.5) is 5.69 Å². The number of thioether (sulfide) groups is 1. The second-order valence-electron chi connectivity index (χ2n) is 7.86. The third-order valence-corrected chi connectivity index (χ3v) is 6.51. The molecule has 32 heavy (non-hydrogen) atoms. The van der Waals surface area contributed by atoms with Crippen LogP contribution < -0.4 is 10.9 Å². The maximum Gasteiger partial charge on any atom is 0.266 e. The van der Waals surface area contributed by atoms with E-state index in [1.807, 2.05) is 88.4 Å². The zero-order chi connectivity index (χ0) is 22.8. The lowest BCUT2D eigenvalue weighted by atomic mass is 10.1. The van der Waals surface area contributed by atoms with Crippen molar-refractivity contribution in [2.24, 2.45) is 0 Å². The van der Waals surface area contributed by atoms with Crippen LogP contribution in [0.3, 0.4) is 0 Å². The Balaban J connectivity index is 1.79. The van der Waals surface area contributed by atoms with E-state index in [0.29, 0.717) is 16.1 Å². The van der Waals surface area contributed by atoms with Crippen molar-refractivity contribution in [3.05, 3.63) is 93.8 Å². The molecule has 162 valence electrons. The minimum absolute atomic E-state index is 0.137. The molecule has 0 saturated heterocycles. The summed E-state index contributed by atoms with van der Waals surface area (Å²) in [5.74, 6) is -0.139. The molecule has 1 atom stereocenters. The van der Waals surface area contributed by atoms with E-state index in [4.69, 9.17) is 4.98 Å². The second-order valence-corrected chi connectivity index (χ2v) is 9.16. The lowest BCUT2D eigenvalue weighted by Gasteiger charge is -2.19. The number of nitrogens with one attached hydrogen (secondary N) is 1. The highest BCUT2D eigenvalue weighted by Crippen LogP contribution is 2.28. The van der Waals surface area contributed by atoms with Gasteiger partial charge in [-0.15, -0.1) is 0 Å². The smallest absolute Gasteiger partial charge is 0.266 e. The van der Waals surface area contributed by atoms with Gasteiger partial charge in [0.05, 0.1) is 21.8 Å². The highest BCUT2D eigenvalue weighted by molar-refractivity contribution is 8.00. The van der Waals surface area contributed by atoms with Crippen LogP contribution in [0.15, 0.2) is 76.7 Å². The molecule has 1 heterocycles. The summed E-state index contributed by atoms with van der Waals surface area (Å²) in [6.07, 6.45) is 0. The lowest BCUT2D eigenvalue weighted by Crippen LogP contribution is -2.27. The van der Waals surface area contributed by atoms with Crippen molar-refractivity contribution >= 4 is 34.3 Å². The number of para-hydroxylation sites is 3. The van der Waals surface area contributed by atoms with E-state index in [0.717, 1.165) is 28.1 Å². The Kier molecular flexibility index (Phi) is 6.15. The first-order valence-corrected chi connectivity index (χ1v) is 11.4. The maximum absolute atomic E-state index is 13.6. The van der Waals surface area contributed by atoms with Gasteiger partial charge in [0, 0.05) is 5.69 Å². The van der Waals surface area contributed by atoms with Gasteiger partial charge in [-0.3, -0.25) is 14.2 Å². The number of benzene rings is 3. The van der Waals surface area contributed by atoms with E-state index < -0.39 is 5.25 Å². The fraction of sp³-hybridized carbons (Fsp3) is 0.192. The number of nitrogens with zero attached hydrogens (tertiary/aromatic N) is 2. The summed E-state index contributed by atoms with van der Waals surface area (Å²) < 4.78 is 1.65. The van der Waals surface area contributed by atoms with E-state index in [1.165, 1.54) is 11.8 Å². The van der Waals surface area contributed by atoms with Gasteiger partial charge < -0.3 is 5.32 Å². The van der Waals surface area contributed by atoms with Gasteiger partial charge in [0.15, 0.2) is 5.16 Å². The molecular formula is C26H25N3O2S. The van der Waals surface area contributed by atoms with Crippen molar-refractivity contribution in [1.82, 2.24) is 9.55 Å². The molecule has 0 spiro atoms. The first kappa shape index (κ1) is 21.8. The first-order valence-electron chi connectivity index (χ1n) is 10.5. The van der Waals surface area contributed by atoms with Crippen LogP contribution in [-0.4, -0.2) is 20.7 Å². The van der Waals surface area contributed by atoms with Crippen molar-refractivity contribution in [3.63, 3.8) is 0 Å². The third-order valence-electron chi connectivity index (χ3n) is 5.46. The fourth-order valence-electron chi connectivity index (χ4n) is 3.71. The number of hydrogen-bond donors (Lipinski definition) is 1. The van der Waals surface area contributed by atoms with Crippen molar-refractivity contribution in [2.75, 3.05) is 5.32 Å². The molecule has 0 saturated carbocycles. The van der Waals surface area contributed by atoms with E-state index >= 15 is 0 Å². The Labute approximate surface area is 191 Å². The Hall–Kier alpha value is -3.38. The standard InChI is InChI=1S/C26H25N3O2S/c1-16-10-5-7-14-21(16)27-24(30)19(4)32-26-28-22-15-8-6-13-20(22)25(31)29(26)23-17(2)11-9-12-18(23)3/h5-15,19H,1-4H3,(H,27,30). The molecule has 0 fully saturated rings. The zero-order valence-electron chi connectivity index (χ0n) is 18.5. The summed E-state index contributed by atoms with van der Waals surface area (Å²) in [5.41, 5.74) is 5.02. The Bertz CT molecular complexity index is 1360. The van der Waals surface area contributed by atoms with E-state index in [-0.39, 0.29) is 11.5 Å². The molecule has 1 amide bonds. The van der Waals surface area contributed by atoms with Gasteiger partial charge in [0.1, 0.15) is 0 Å². The van der Waals surface area contributed by atoms with Crippen molar-refractivity contribution < 1.29 is 4.79 Å². The average Bonchev–Trinajstić information content (AvgIpc) is 2.77. The molecule has 1 unspecified atom stereocenters. The molecular weight excluding hydrogens is 418 g/mol. The Morgan fingerprint density at radius 3 is 2.25 bits per heavy atom. The summed E-state index contributed by atoms with van der Waals surface area (Å²) in [7, 11) is 0. The predicted molar refractivity (Wildman–Crippen MR) is 132 cm³/mol. The van der Waals surface area contributed by atoms with Gasteiger partial charge in [-0.1, -0.05) is 60.3 Å². The summed E-state index contributed by atoms with van der Waals surface area (Å²) in [5, 5.41) is 3.58. The van der Waals surface area contributed by atoms with Gasteiger partial charge in [0.2, 0.25) is 5.91 Å². The Morgan fingerprint density at radius 1 is 0.906 bits per heavy atom. The van der Waals surface area contributed by atoms with Crippen LogP contribution >= 0.6 is 11.8 Å². The summed E-state index contributed by atoms with van der Waals surface area (Å²) in [4.78, 5) is 31.3. The number of rotatable bonds is 5. The normalized spacial score (nSPS) is 12.0. The molecule has 6 heteroatoms. The van der Waals surface area contributed by atoms with Crippen molar-refractivity contribution in [1.29, 1.82) is 0 Å². The van der Waals surface area contributed by atoms with E-state index in [1.54, 1.807) is 10.6 Å². The molecule has 1 aromatic heterocycles. The van der Waals surface area contributed by atoms with Crippen LogP contribution in [0.2, 0.25) is 0 Å². The molecule has 4 rings (SSSR count). The van der Waals surface area contributed by atoms with Gasteiger partial charge in [-0.2, -0.15) is 0 Å². The minimum atomic E-state index is -0.460. The van der Waals surface area contributed by atoms with Crippen LogP contribution in [0.1, 0.15) is 23.6 Å². The highest BCUT2D eigenvalue weighted by Gasteiger charge is 2.22. The van der Waals surface area contributed by atoms with Gasteiger partial charge in [-0.05, 0) is 62.6 Å². The van der Waals surface area contributed by atoms with E-state index in [2.05, 4.69) is 5.32 Å². The van der Waals surface area contributed by atoms with Crippen LogP contribution in [-0.2, 0) is 4.79 Å². The molecule has 0 aliphatic carbocycles. The summed E-state index contributed by atoms with van der Waals surface area (Å²) in [6, 6.07) is 20.9. The minimum Gasteiger partial charge on any atom is -0.325 e. The maximum atomic E-state index is 13.6. The first-order chi connectivity index (χ1) is 15.4. The van der Waals surface area contributed by atoms with Crippen molar-refractivity contribution in [3.8, 4) is 5.69 Å². The number of carbonyl (C=O) groups is 1. The average molecular weight is 444 g/mol. The fourth-order valence-corrected chi connectivity index (χ4v) is 4.62. The Morgan fingerprint density at radius 2 is 1.53 bits per heavy atom. The number of anilines is 1. The number of aromatic nitrogens is 2. The lowest BCUT2D eigenvalue weighted by molar-refractivity contribution is -0.115. The number of carbonyl (C=O) groups excluding carboxylic acids is 1. The third kappa shape index (κ3) is 4.18. The van der Waals surface area contributed by atoms with Crippen molar-refractivity contribution in [2.45, 2.75) is 38.1 Å². The molecule has 0 radical (unpaired) electrons. The summed E-state index contributed by atoms with van der Waals surface area (Å²) in [6.45, 7) is 7.74. The van der Waals surface area contributed by atoms with Gasteiger partial charge in [-0.25, -0.2) is 4.98 Å². The largest absolute Gasteiger partial charge is 0.325 e. The number of hydrogen-bond acceptors (Lipinski definition) is 4. The topological polar surface area (TPSA) is 64.0 Å². The molecule has 0 aliphatic rings. The van der Waals surface area contributed by atoms with Gasteiger partial charge >= 0.3 is 0 Å². The predicted octanol–water partition coefficient (Wildman–Crippen LogP) is 5.43. The zero-order valence-corrected chi connectivity index (χ0v) is 19.4. The quantitative estimate of drug-likeness (QED) is 0.330. The SMILES string of the molecule is Cc1ccccc1NC(=O)C(C)Sc1nc2ccccc2c(=O)n1-c1c(C)cccc1C. The monoisotopic (exact) mass is 443 g/mol. The molecule has 4 aromatic rings. The second kappa shape index (κ2) is 9.01. The van der Waals surface area contributed by atoms with Crippen LogP contribution in [0.25, 0.3) is 16.6 Å².